The van der Waals surface area contributed by atoms with E-state index in [4.69, 9.17) is 0 Å². The molecule has 22 heavy (non-hydrogen) atoms. The van der Waals surface area contributed by atoms with Crippen LogP contribution < -0.4 is 5.32 Å². The highest BCUT2D eigenvalue weighted by Gasteiger charge is 2.51. The van der Waals surface area contributed by atoms with Gasteiger partial charge in [-0.1, -0.05) is 19.1 Å². The molecule has 1 amide bonds. The summed E-state index contributed by atoms with van der Waals surface area (Å²) in [6.45, 7) is 5.33. The fraction of sp³-hybridized carbons (Fsp3) is 0.611. The lowest BCUT2D eigenvalue weighted by Crippen LogP contribution is -2.46. The quantitative estimate of drug-likeness (QED) is 0.876. The van der Waals surface area contributed by atoms with Gasteiger partial charge in [0.15, 0.2) is 0 Å². The van der Waals surface area contributed by atoms with Gasteiger partial charge in [0, 0.05) is 12.6 Å². The SMILES string of the molecule is CC[C@H](CN1CCCC1)NC(=O)C1(c2cccc(F)c2)CC1. The van der Waals surface area contributed by atoms with Crippen molar-refractivity contribution in [2.75, 3.05) is 19.6 Å². The molecule has 1 aliphatic carbocycles. The maximum absolute atomic E-state index is 13.4. The Hall–Kier alpha value is -1.42. The fourth-order valence-corrected chi connectivity index (χ4v) is 3.44. The number of rotatable bonds is 6. The van der Waals surface area contributed by atoms with Gasteiger partial charge in [-0.25, -0.2) is 4.39 Å². The first-order valence-electron chi connectivity index (χ1n) is 8.43. The molecular formula is C18H25FN2O. The molecule has 3 nitrogen and oxygen atoms in total. The first kappa shape index (κ1) is 15.5. The van der Waals surface area contributed by atoms with E-state index in [0.717, 1.165) is 44.5 Å². The highest BCUT2D eigenvalue weighted by atomic mass is 19.1. The van der Waals surface area contributed by atoms with Crippen LogP contribution in [0.2, 0.25) is 0 Å². The van der Waals surface area contributed by atoms with Crippen LogP contribution in [0.5, 0.6) is 0 Å². The van der Waals surface area contributed by atoms with Crippen LogP contribution in [0, 0.1) is 5.82 Å². The Bertz CT molecular complexity index is 536. The van der Waals surface area contributed by atoms with Gasteiger partial charge in [0.05, 0.1) is 5.41 Å². The van der Waals surface area contributed by atoms with Crippen LogP contribution in [0.1, 0.15) is 44.6 Å². The summed E-state index contributed by atoms with van der Waals surface area (Å²) >= 11 is 0. The van der Waals surface area contributed by atoms with Crippen molar-refractivity contribution in [3.05, 3.63) is 35.6 Å². The number of carbonyl (C=O) groups is 1. The van der Waals surface area contributed by atoms with E-state index in [-0.39, 0.29) is 17.8 Å². The van der Waals surface area contributed by atoms with Crippen LogP contribution in [-0.4, -0.2) is 36.5 Å². The van der Waals surface area contributed by atoms with Crippen molar-refractivity contribution < 1.29 is 9.18 Å². The number of nitrogens with zero attached hydrogens (tertiary/aromatic N) is 1. The second-order valence-corrected chi connectivity index (χ2v) is 6.68. The van der Waals surface area contributed by atoms with Gasteiger partial charge in [0.2, 0.25) is 5.91 Å². The number of carbonyl (C=O) groups excluding carboxylic acids is 1. The zero-order valence-electron chi connectivity index (χ0n) is 13.3. The van der Waals surface area contributed by atoms with E-state index in [9.17, 15) is 9.18 Å². The second-order valence-electron chi connectivity index (χ2n) is 6.68. The van der Waals surface area contributed by atoms with E-state index >= 15 is 0 Å². The number of nitrogens with one attached hydrogen (secondary N) is 1. The predicted octanol–water partition coefficient (Wildman–Crippen LogP) is 2.85. The smallest absolute Gasteiger partial charge is 0.230 e. The second kappa shape index (κ2) is 6.37. The topological polar surface area (TPSA) is 32.3 Å². The van der Waals surface area contributed by atoms with Crippen molar-refractivity contribution in [3.8, 4) is 0 Å². The third-order valence-corrected chi connectivity index (χ3v) is 5.07. The first-order chi connectivity index (χ1) is 10.6. The zero-order chi connectivity index (χ0) is 15.6. The molecule has 1 aliphatic heterocycles. The number of hydrogen-bond acceptors (Lipinski definition) is 2. The van der Waals surface area contributed by atoms with Crippen LogP contribution in [0.15, 0.2) is 24.3 Å². The van der Waals surface area contributed by atoms with E-state index in [1.807, 2.05) is 6.07 Å². The zero-order valence-corrected chi connectivity index (χ0v) is 13.3. The molecule has 1 atom stereocenters. The molecule has 0 aromatic heterocycles. The maximum Gasteiger partial charge on any atom is 0.230 e. The molecule has 0 unspecified atom stereocenters. The Morgan fingerprint density at radius 1 is 1.36 bits per heavy atom. The molecule has 1 heterocycles. The Balaban J connectivity index is 1.65. The summed E-state index contributed by atoms with van der Waals surface area (Å²) in [7, 11) is 0. The molecule has 1 aromatic rings. The number of halogens is 1. The summed E-state index contributed by atoms with van der Waals surface area (Å²) in [6, 6.07) is 6.70. The molecule has 4 heteroatoms. The summed E-state index contributed by atoms with van der Waals surface area (Å²) in [5.41, 5.74) is 0.335. The minimum Gasteiger partial charge on any atom is -0.351 e. The number of likely N-dealkylation sites (tertiary alicyclic amines) is 1. The molecule has 120 valence electrons. The van der Waals surface area contributed by atoms with Crippen molar-refractivity contribution in [1.82, 2.24) is 10.2 Å². The van der Waals surface area contributed by atoms with E-state index < -0.39 is 5.41 Å². The molecule has 1 aromatic carbocycles. The minimum absolute atomic E-state index is 0.0733. The van der Waals surface area contributed by atoms with E-state index in [1.165, 1.54) is 25.0 Å². The first-order valence-corrected chi connectivity index (χ1v) is 8.43. The summed E-state index contributed by atoms with van der Waals surface area (Å²) in [4.78, 5) is 15.2. The average molecular weight is 304 g/mol. The van der Waals surface area contributed by atoms with Crippen molar-refractivity contribution in [1.29, 1.82) is 0 Å². The summed E-state index contributed by atoms with van der Waals surface area (Å²) in [5.74, 6) is -0.190. The van der Waals surface area contributed by atoms with Crippen molar-refractivity contribution in [2.24, 2.45) is 0 Å². The van der Waals surface area contributed by atoms with Gasteiger partial charge in [-0.05, 0) is 62.9 Å². The lowest BCUT2D eigenvalue weighted by Gasteiger charge is -2.26. The molecule has 1 saturated carbocycles. The Morgan fingerprint density at radius 2 is 2.09 bits per heavy atom. The predicted molar refractivity (Wildman–Crippen MR) is 85.2 cm³/mol. The largest absolute Gasteiger partial charge is 0.351 e. The van der Waals surface area contributed by atoms with Crippen LogP contribution >= 0.6 is 0 Å². The van der Waals surface area contributed by atoms with Gasteiger partial charge >= 0.3 is 0 Å². The fourth-order valence-electron chi connectivity index (χ4n) is 3.44. The lowest BCUT2D eigenvalue weighted by atomic mass is 9.94. The van der Waals surface area contributed by atoms with Crippen molar-refractivity contribution in [2.45, 2.75) is 50.5 Å². The van der Waals surface area contributed by atoms with Crippen LogP contribution in [-0.2, 0) is 10.2 Å². The minimum atomic E-state index is -0.486. The van der Waals surface area contributed by atoms with Crippen LogP contribution in [0.3, 0.4) is 0 Å². The molecule has 2 fully saturated rings. The van der Waals surface area contributed by atoms with Gasteiger partial charge in [0.25, 0.3) is 0 Å². The molecular weight excluding hydrogens is 279 g/mol. The molecule has 1 N–H and O–H groups in total. The molecule has 0 radical (unpaired) electrons. The maximum atomic E-state index is 13.4. The summed E-state index contributed by atoms with van der Waals surface area (Å²) in [5, 5.41) is 3.21. The van der Waals surface area contributed by atoms with Crippen LogP contribution in [0.4, 0.5) is 4.39 Å². The van der Waals surface area contributed by atoms with E-state index in [1.54, 1.807) is 6.07 Å². The number of amides is 1. The van der Waals surface area contributed by atoms with Gasteiger partial charge in [-0.15, -0.1) is 0 Å². The normalized spacial score (nSPS) is 21.5. The Kier molecular flexibility index (Phi) is 4.48. The average Bonchev–Trinajstić information content (AvgIpc) is 3.18. The van der Waals surface area contributed by atoms with Gasteiger partial charge in [0.1, 0.15) is 5.82 Å². The molecule has 0 spiro atoms. The third-order valence-electron chi connectivity index (χ3n) is 5.07. The molecule has 3 rings (SSSR count). The van der Waals surface area contributed by atoms with E-state index in [2.05, 4.69) is 17.1 Å². The Morgan fingerprint density at radius 3 is 2.68 bits per heavy atom. The Labute approximate surface area is 131 Å². The molecule has 0 bridgehead atoms. The number of benzene rings is 1. The van der Waals surface area contributed by atoms with Gasteiger partial charge < -0.3 is 10.2 Å². The van der Waals surface area contributed by atoms with Gasteiger partial charge in [-0.3, -0.25) is 4.79 Å². The lowest BCUT2D eigenvalue weighted by molar-refractivity contribution is -0.124. The highest BCUT2D eigenvalue weighted by molar-refractivity contribution is 5.91. The highest BCUT2D eigenvalue weighted by Crippen LogP contribution is 2.48. The van der Waals surface area contributed by atoms with Crippen LogP contribution in [0.25, 0.3) is 0 Å². The third kappa shape index (κ3) is 3.17. The molecule has 2 aliphatic rings. The van der Waals surface area contributed by atoms with E-state index in [0.29, 0.717) is 0 Å². The summed E-state index contributed by atoms with van der Waals surface area (Å²) < 4.78 is 13.4. The van der Waals surface area contributed by atoms with Crippen molar-refractivity contribution >= 4 is 5.91 Å². The summed E-state index contributed by atoms with van der Waals surface area (Å²) in [6.07, 6.45) is 5.10. The van der Waals surface area contributed by atoms with Crippen molar-refractivity contribution in [3.63, 3.8) is 0 Å². The van der Waals surface area contributed by atoms with Gasteiger partial charge in [-0.2, -0.15) is 0 Å². The molecule has 1 saturated heterocycles. The number of hydrogen-bond donors (Lipinski definition) is 1. The standard InChI is InChI=1S/C18H25FN2O/c1-2-16(13-21-10-3-4-11-21)20-17(22)18(8-9-18)14-6-5-7-15(19)12-14/h5-7,12,16H,2-4,8-11,13H2,1H3,(H,20,22)/t16-/m1/s1. The monoisotopic (exact) mass is 304 g/mol.